The molecule has 10 nitrogen and oxygen atoms in total. The van der Waals surface area contributed by atoms with Crippen LogP contribution >= 0.6 is 0 Å². The Labute approximate surface area is 168 Å². The van der Waals surface area contributed by atoms with Gasteiger partial charge in [-0.25, -0.2) is 12.7 Å². The van der Waals surface area contributed by atoms with E-state index in [0.717, 1.165) is 4.31 Å². The largest absolute Gasteiger partial charge is 0.496 e. The van der Waals surface area contributed by atoms with Crippen molar-refractivity contribution in [1.82, 2.24) is 4.31 Å². The van der Waals surface area contributed by atoms with Gasteiger partial charge < -0.3 is 14.8 Å². The predicted molar refractivity (Wildman–Crippen MR) is 106 cm³/mol. The lowest BCUT2D eigenvalue weighted by molar-refractivity contribution is -0.385. The number of amides is 1. The van der Waals surface area contributed by atoms with Gasteiger partial charge in [-0.3, -0.25) is 14.9 Å². The van der Waals surface area contributed by atoms with E-state index in [2.05, 4.69) is 5.32 Å². The Balaban J connectivity index is 2.16. The molecule has 0 aliphatic carbocycles. The highest BCUT2D eigenvalue weighted by atomic mass is 32.2. The maximum Gasteiger partial charge on any atom is 0.314 e. The van der Waals surface area contributed by atoms with Crippen molar-refractivity contribution in [2.24, 2.45) is 0 Å². The molecule has 0 atom stereocenters. The van der Waals surface area contributed by atoms with Gasteiger partial charge in [-0.1, -0.05) is 6.07 Å². The van der Waals surface area contributed by atoms with Gasteiger partial charge in [0.05, 0.1) is 23.0 Å². The van der Waals surface area contributed by atoms with Gasteiger partial charge in [0.15, 0.2) is 12.4 Å². The number of carbonyl (C=O) groups is 1. The number of nitrogens with zero attached hydrogens (tertiary/aromatic N) is 2. The fraction of sp³-hybridized carbons (Fsp3) is 0.278. The molecule has 0 fully saturated rings. The van der Waals surface area contributed by atoms with Gasteiger partial charge in [0.25, 0.3) is 5.91 Å². The SMILES string of the molecule is COc1ccc(OCC(=O)Nc2cc(S(=O)(=O)N(C)C)ccc2C)c([N+](=O)[O-])c1. The zero-order valence-electron chi connectivity index (χ0n) is 16.3. The summed E-state index contributed by atoms with van der Waals surface area (Å²) in [5.41, 5.74) is 0.602. The average Bonchev–Trinajstić information content (AvgIpc) is 2.67. The molecule has 0 aromatic heterocycles. The standard InChI is InChI=1S/C18H21N3O7S/c1-12-5-7-14(29(25,26)20(2)3)10-15(12)19-18(22)11-28-17-8-6-13(27-4)9-16(17)21(23)24/h5-10H,11H2,1-4H3,(H,19,22). The van der Waals surface area contributed by atoms with Gasteiger partial charge in [-0.05, 0) is 36.8 Å². The van der Waals surface area contributed by atoms with E-state index in [1.54, 1.807) is 13.0 Å². The van der Waals surface area contributed by atoms with Crippen LogP contribution in [-0.2, 0) is 14.8 Å². The summed E-state index contributed by atoms with van der Waals surface area (Å²) in [5, 5.41) is 13.7. The van der Waals surface area contributed by atoms with Crippen molar-refractivity contribution in [3.05, 3.63) is 52.1 Å². The molecule has 2 rings (SSSR count). The van der Waals surface area contributed by atoms with Gasteiger partial charge >= 0.3 is 5.69 Å². The Hall–Kier alpha value is -3.18. The van der Waals surface area contributed by atoms with E-state index < -0.39 is 27.5 Å². The molecule has 1 amide bonds. The molecular formula is C18H21N3O7S. The lowest BCUT2D eigenvalue weighted by Crippen LogP contribution is -2.23. The maximum absolute atomic E-state index is 12.3. The third-order valence-electron chi connectivity index (χ3n) is 3.98. The molecule has 156 valence electrons. The molecule has 0 aliphatic rings. The summed E-state index contributed by atoms with van der Waals surface area (Å²) in [6, 6.07) is 8.35. The molecule has 11 heteroatoms. The van der Waals surface area contributed by atoms with Crippen LogP contribution in [0.2, 0.25) is 0 Å². The minimum atomic E-state index is -3.67. The summed E-state index contributed by atoms with van der Waals surface area (Å²) in [7, 11) is 0.522. The minimum absolute atomic E-state index is 0.0233. The van der Waals surface area contributed by atoms with E-state index in [1.165, 1.54) is 51.5 Å². The number of hydrogen-bond donors (Lipinski definition) is 1. The van der Waals surface area contributed by atoms with Crippen molar-refractivity contribution in [3.63, 3.8) is 0 Å². The number of rotatable bonds is 8. The van der Waals surface area contributed by atoms with E-state index in [4.69, 9.17) is 9.47 Å². The van der Waals surface area contributed by atoms with Gasteiger partial charge in [-0.2, -0.15) is 0 Å². The van der Waals surface area contributed by atoms with Crippen LogP contribution in [0.25, 0.3) is 0 Å². The number of nitro benzene ring substituents is 1. The third-order valence-corrected chi connectivity index (χ3v) is 5.79. The van der Waals surface area contributed by atoms with Crippen LogP contribution < -0.4 is 14.8 Å². The highest BCUT2D eigenvalue weighted by Crippen LogP contribution is 2.31. The number of sulfonamides is 1. The Bertz CT molecular complexity index is 1040. The van der Waals surface area contributed by atoms with E-state index >= 15 is 0 Å². The van der Waals surface area contributed by atoms with Gasteiger partial charge in [0, 0.05) is 19.8 Å². The summed E-state index contributed by atoms with van der Waals surface area (Å²) in [6.07, 6.45) is 0. The first-order valence-corrected chi connectivity index (χ1v) is 9.78. The van der Waals surface area contributed by atoms with Crippen molar-refractivity contribution in [2.75, 3.05) is 33.1 Å². The monoisotopic (exact) mass is 423 g/mol. The molecular weight excluding hydrogens is 402 g/mol. The lowest BCUT2D eigenvalue weighted by atomic mass is 10.2. The number of ether oxygens (including phenoxy) is 2. The Morgan fingerprint density at radius 2 is 1.90 bits per heavy atom. The molecule has 0 radical (unpaired) electrons. The molecule has 0 bridgehead atoms. The van der Waals surface area contributed by atoms with Crippen LogP contribution in [0.3, 0.4) is 0 Å². The number of nitro groups is 1. The van der Waals surface area contributed by atoms with E-state index in [9.17, 15) is 23.3 Å². The number of hydrogen-bond acceptors (Lipinski definition) is 7. The van der Waals surface area contributed by atoms with Crippen LogP contribution in [0.5, 0.6) is 11.5 Å². The summed E-state index contributed by atoms with van der Waals surface area (Å²) < 4.78 is 35.8. The first-order chi connectivity index (χ1) is 13.6. The quantitative estimate of drug-likeness (QED) is 0.509. The first-order valence-electron chi connectivity index (χ1n) is 8.34. The molecule has 0 spiro atoms. The summed E-state index contributed by atoms with van der Waals surface area (Å²) in [6.45, 7) is 1.20. The number of methoxy groups -OCH3 is 1. The normalized spacial score (nSPS) is 11.2. The highest BCUT2D eigenvalue weighted by Gasteiger charge is 2.20. The third kappa shape index (κ3) is 5.21. The molecule has 0 aliphatic heterocycles. The van der Waals surface area contributed by atoms with Crippen LogP contribution in [0.4, 0.5) is 11.4 Å². The molecule has 2 aromatic rings. The second-order valence-electron chi connectivity index (χ2n) is 6.19. The summed E-state index contributed by atoms with van der Waals surface area (Å²) in [5.74, 6) is -0.410. The zero-order valence-corrected chi connectivity index (χ0v) is 17.1. The maximum atomic E-state index is 12.3. The average molecular weight is 423 g/mol. The topological polar surface area (TPSA) is 128 Å². The summed E-state index contributed by atoms with van der Waals surface area (Å²) in [4.78, 5) is 22.8. The molecule has 0 saturated carbocycles. The van der Waals surface area contributed by atoms with Gasteiger partial charge in [0.2, 0.25) is 10.0 Å². The Kier molecular flexibility index (Phi) is 6.77. The predicted octanol–water partition coefficient (Wildman–Crippen LogP) is 2.18. The van der Waals surface area contributed by atoms with Gasteiger partial charge in [-0.15, -0.1) is 0 Å². The van der Waals surface area contributed by atoms with Crippen LogP contribution in [0, 0.1) is 17.0 Å². The van der Waals surface area contributed by atoms with Crippen LogP contribution in [-0.4, -0.2) is 51.4 Å². The molecule has 0 heterocycles. The van der Waals surface area contributed by atoms with E-state index in [0.29, 0.717) is 11.3 Å². The molecule has 0 saturated heterocycles. The van der Waals surface area contributed by atoms with Crippen molar-refractivity contribution in [3.8, 4) is 11.5 Å². The van der Waals surface area contributed by atoms with Crippen molar-refractivity contribution >= 4 is 27.3 Å². The van der Waals surface area contributed by atoms with Crippen molar-refractivity contribution in [2.45, 2.75) is 11.8 Å². The smallest absolute Gasteiger partial charge is 0.314 e. The molecule has 29 heavy (non-hydrogen) atoms. The Morgan fingerprint density at radius 3 is 2.48 bits per heavy atom. The molecule has 1 N–H and O–H groups in total. The zero-order chi connectivity index (χ0) is 21.8. The van der Waals surface area contributed by atoms with Crippen molar-refractivity contribution in [1.29, 1.82) is 0 Å². The van der Waals surface area contributed by atoms with E-state index in [-0.39, 0.29) is 22.1 Å². The Morgan fingerprint density at radius 1 is 1.21 bits per heavy atom. The minimum Gasteiger partial charge on any atom is -0.496 e. The highest BCUT2D eigenvalue weighted by molar-refractivity contribution is 7.89. The molecule has 0 unspecified atom stereocenters. The fourth-order valence-corrected chi connectivity index (χ4v) is 3.25. The molecule has 2 aromatic carbocycles. The number of nitrogens with one attached hydrogen (secondary N) is 1. The summed E-state index contributed by atoms with van der Waals surface area (Å²) >= 11 is 0. The number of carbonyl (C=O) groups excluding carboxylic acids is 1. The van der Waals surface area contributed by atoms with Gasteiger partial charge in [0.1, 0.15) is 5.75 Å². The van der Waals surface area contributed by atoms with Crippen LogP contribution in [0.1, 0.15) is 5.56 Å². The van der Waals surface area contributed by atoms with E-state index in [1.807, 2.05) is 0 Å². The second kappa shape index (κ2) is 8.88. The number of anilines is 1. The second-order valence-corrected chi connectivity index (χ2v) is 8.34. The number of aryl methyl sites for hydroxylation is 1. The number of benzene rings is 2. The lowest BCUT2D eigenvalue weighted by Gasteiger charge is -2.14. The van der Waals surface area contributed by atoms with Crippen molar-refractivity contribution < 1.29 is 27.6 Å². The fourth-order valence-electron chi connectivity index (χ4n) is 2.33. The first kappa shape index (κ1) is 22.1. The van der Waals surface area contributed by atoms with Crippen LogP contribution in [0.15, 0.2) is 41.3 Å².